The van der Waals surface area contributed by atoms with Gasteiger partial charge in [0, 0.05) is 0 Å². The molecule has 0 fully saturated rings. The highest BCUT2D eigenvalue weighted by Gasteiger charge is 2.31. The molecule has 20 rings (SSSR count). The fourth-order valence-corrected chi connectivity index (χ4v) is 16.9. The Morgan fingerprint density at radius 2 is 0.578 bits per heavy atom. The van der Waals surface area contributed by atoms with E-state index in [0.29, 0.717) is 0 Å². The Bertz CT molecular complexity index is 6050. The SMILES string of the molecule is Cc1cc2ccccc2cc1-c1ccc2c3c(-c4ccccc4)c4c5ccc6c7ccc8c9c(ccc(c%10ccc(c4c(-c4ccccc4)c3c3cccc1c32)c5c%106)c79)c1cc2cc(-c3c(C)cccc3C)cc3c4ccccc4c(c23)c18. The molecule has 0 aromatic heterocycles. The lowest BCUT2D eigenvalue weighted by Crippen LogP contribution is -1.88. The largest absolute Gasteiger partial charge is 0.0622 e. The Labute approximate surface area is 477 Å². The van der Waals surface area contributed by atoms with Gasteiger partial charge in [-0.25, -0.2) is 0 Å². The number of hydrogen-bond acceptors (Lipinski definition) is 0. The fraction of sp³-hybridized carbons (Fsp3) is 0.0361. The summed E-state index contributed by atoms with van der Waals surface area (Å²) in [6.07, 6.45) is 0. The van der Waals surface area contributed by atoms with Crippen LogP contribution in [0.5, 0.6) is 0 Å². The minimum absolute atomic E-state index is 1.24. The molecule has 0 spiro atoms. The molecule has 20 aromatic carbocycles. The summed E-state index contributed by atoms with van der Waals surface area (Å²) in [5.74, 6) is 0. The van der Waals surface area contributed by atoms with Crippen LogP contribution in [0.4, 0.5) is 0 Å². The Morgan fingerprint density at radius 3 is 1.20 bits per heavy atom. The molecule has 0 aliphatic rings. The van der Waals surface area contributed by atoms with Crippen molar-refractivity contribution in [3.05, 3.63) is 253 Å². The molecule has 0 N–H and O–H groups in total. The quantitative estimate of drug-likeness (QED) is 0.122. The van der Waals surface area contributed by atoms with Gasteiger partial charge in [0.05, 0.1) is 0 Å². The van der Waals surface area contributed by atoms with Crippen LogP contribution in [0.25, 0.3) is 206 Å². The molecular formula is C83H48. The molecule has 0 bridgehead atoms. The van der Waals surface area contributed by atoms with E-state index >= 15 is 0 Å². The Hall–Kier alpha value is -10.4. The number of benzene rings is 16. The van der Waals surface area contributed by atoms with E-state index in [1.807, 2.05) is 0 Å². The van der Waals surface area contributed by atoms with Crippen LogP contribution in [0.3, 0.4) is 0 Å². The minimum Gasteiger partial charge on any atom is -0.0622 e. The van der Waals surface area contributed by atoms with Gasteiger partial charge in [0.2, 0.25) is 0 Å². The lowest BCUT2D eigenvalue weighted by molar-refractivity contribution is 1.38. The van der Waals surface area contributed by atoms with Gasteiger partial charge in [0.1, 0.15) is 0 Å². The first kappa shape index (κ1) is 44.4. The molecule has 0 nitrogen and oxygen atoms in total. The summed E-state index contributed by atoms with van der Waals surface area (Å²) >= 11 is 0. The smallest absolute Gasteiger partial charge is 0.000717 e. The van der Waals surface area contributed by atoms with E-state index in [1.54, 1.807) is 0 Å². The van der Waals surface area contributed by atoms with Crippen molar-refractivity contribution in [1.29, 1.82) is 0 Å². The van der Waals surface area contributed by atoms with Crippen molar-refractivity contribution >= 4 is 162 Å². The van der Waals surface area contributed by atoms with E-state index < -0.39 is 0 Å². The first-order valence-electron chi connectivity index (χ1n) is 29.4. The molecule has 0 aliphatic carbocycles. The molecule has 20 aromatic rings. The van der Waals surface area contributed by atoms with E-state index in [1.165, 1.54) is 223 Å². The maximum atomic E-state index is 2.53. The van der Waals surface area contributed by atoms with Crippen LogP contribution in [-0.4, -0.2) is 0 Å². The maximum absolute atomic E-state index is 2.53. The molecule has 380 valence electrons. The third-order valence-electron chi connectivity index (χ3n) is 20.1. The highest BCUT2D eigenvalue weighted by Crippen LogP contribution is 2.59. The first-order valence-corrected chi connectivity index (χ1v) is 29.4. The van der Waals surface area contributed by atoms with Crippen LogP contribution in [0.1, 0.15) is 16.7 Å². The summed E-state index contributed by atoms with van der Waals surface area (Å²) in [6, 6.07) is 91.3. The lowest BCUT2D eigenvalue weighted by atomic mass is 9.87. The summed E-state index contributed by atoms with van der Waals surface area (Å²) in [4.78, 5) is 0. The molecule has 0 unspecified atom stereocenters. The third kappa shape index (κ3) is 5.44. The standard InChI is InChI=1S/C83H48/c1-43-16-14-17-44(2)69(43)50-39-51-42-68-60-30-29-56-58-32-36-64-77-65(37-33-59(75(58)77)57-31-35-63(76(60)74(56)57)78(68)79-55-25-13-12-24-52(55)67(41-50)70(51)79)83-72(47-20-8-5-9-21-47)81-62-34-28-53(66-40-49-23-11-10-22-48(49)38-45(66)3)54-26-15-27-61(73(54)62)80(81)71(82(64)83)46-18-6-4-7-19-46/h4-42H,1-3H3. The summed E-state index contributed by atoms with van der Waals surface area (Å²) in [5.41, 5.74) is 14.2. The highest BCUT2D eigenvalue weighted by atomic mass is 14.3. The van der Waals surface area contributed by atoms with Gasteiger partial charge in [-0.3, -0.25) is 0 Å². The second-order valence-electron chi connectivity index (χ2n) is 24.1. The van der Waals surface area contributed by atoms with Gasteiger partial charge in [-0.15, -0.1) is 0 Å². The zero-order chi connectivity index (χ0) is 54.2. The number of hydrogen-bond donors (Lipinski definition) is 0. The van der Waals surface area contributed by atoms with Gasteiger partial charge >= 0.3 is 0 Å². The Balaban J connectivity index is 0.917. The van der Waals surface area contributed by atoms with Gasteiger partial charge < -0.3 is 0 Å². The summed E-state index contributed by atoms with van der Waals surface area (Å²) in [6.45, 7) is 6.78. The molecule has 0 aliphatic heterocycles. The van der Waals surface area contributed by atoms with Gasteiger partial charge in [-0.05, 0) is 268 Å². The zero-order valence-electron chi connectivity index (χ0n) is 46.0. The molecular weight excluding hydrogens is 997 g/mol. The predicted octanol–water partition coefficient (Wildman–Crippen LogP) is 23.8. The van der Waals surface area contributed by atoms with Crippen LogP contribution >= 0.6 is 0 Å². The van der Waals surface area contributed by atoms with Gasteiger partial charge in [-0.2, -0.15) is 0 Å². The summed E-state index contributed by atoms with van der Waals surface area (Å²) in [5, 5.41) is 40.0. The fourth-order valence-electron chi connectivity index (χ4n) is 16.9. The van der Waals surface area contributed by atoms with Crippen molar-refractivity contribution in [2.24, 2.45) is 0 Å². The summed E-state index contributed by atoms with van der Waals surface area (Å²) < 4.78 is 0. The lowest BCUT2D eigenvalue weighted by Gasteiger charge is -2.15. The molecule has 0 amide bonds. The first-order chi connectivity index (χ1) is 41.0. The van der Waals surface area contributed by atoms with Crippen LogP contribution in [0.2, 0.25) is 0 Å². The van der Waals surface area contributed by atoms with Crippen molar-refractivity contribution in [1.82, 2.24) is 0 Å². The van der Waals surface area contributed by atoms with Crippen LogP contribution in [0.15, 0.2) is 237 Å². The van der Waals surface area contributed by atoms with E-state index in [9.17, 15) is 0 Å². The molecule has 0 heteroatoms. The molecule has 83 heavy (non-hydrogen) atoms. The van der Waals surface area contributed by atoms with Gasteiger partial charge in [0.25, 0.3) is 0 Å². The topological polar surface area (TPSA) is 0 Å². The molecule has 0 radical (unpaired) electrons. The summed E-state index contributed by atoms with van der Waals surface area (Å²) in [7, 11) is 0. The van der Waals surface area contributed by atoms with Gasteiger partial charge in [0.15, 0.2) is 0 Å². The van der Waals surface area contributed by atoms with E-state index in [-0.39, 0.29) is 0 Å². The molecule has 0 saturated heterocycles. The van der Waals surface area contributed by atoms with E-state index in [4.69, 9.17) is 0 Å². The molecule has 0 saturated carbocycles. The van der Waals surface area contributed by atoms with Crippen molar-refractivity contribution < 1.29 is 0 Å². The normalized spacial score (nSPS) is 12.8. The molecule has 0 heterocycles. The average molecular weight is 1050 g/mol. The van der Waals surface area contributed by atoms with Crippen LogP contribution < -0.4 is 0 Å². The van der Waals surface area contributed by atoms with Crippen molar-refractivity contribution in [3.8, 4) is 44.5 Å². The number of rotatable bonds is 4. The second kappa shape index (κ2) is 15.5. The van der Waals surface area contributed by atoms with Crippen LogP contribution in [0, 0.1) is 20.8 Å². The third-order valence-corrected chi connectivity index (χ3v) is 20.1. The monoisotopic (exact) mass is 1040 g/mol. The zero-order valence-corrected chi connectivity index (χ0v) is 46.0. The van der Waals surface area contributed by atoms with Crippen molar-refractivity contribution in [3.63, 3.8) is 0 Å². The Morgan fingerprint density at radius 1 is 0.169 bits per heavy atom. The van der Waals surface area contributed by atoms with Crippen molar-refractivity contribution in [2.75, 3.05) is 0 Å². The maximum Gasteiger partial charge on any atom is -0.000717 e. The number of fused-ring (bicyclic) bond motifs is 16. The molecule has 0 atom stereocenters. The van der Waals surface area contributed by atoms with Crippen LogP contribution in [-0.2, 0) is 0 Å². The number of aryl methyl sites for hydroxylation is 3. The van der Waals surface area contributed by atoms with Crippen molar-refractivity contribution in [2.45, 2.75) is 20.8 Å². The Kier molecular flexibility index (Phi) is 8.30. The van der Waals surface area contributed by atoms with E-state index in [0.717, 1.165) is 0 Å². The predicted molar refractivity (Wildman–Crippen MR) is 361 cm³/mol. The average Bonchev–Trinajstić information content (AvgIpc) is 1.60. The second-order valence-corrected chi connectivity index (χ2v) is 24.1. The minimum atomic E-state index is 1.24. The van der Waals surface area contributed by atoms with E-state index in [2.05, 4.69) is 257 Å². The van der Waals surface area contributed by atoms with Gasteiger partial charge in [-0.1, -0.05) is 212 Å². The highest BCUT2D eigenvalue weighted by molar-refractivity contribution is 6.52.